The van der Waals surface area contributed by atoms with Gasteiger partial charge >= 0.3 is 0 Å². The Morgan fingerprint density at radius 2 is 1.93 bits per heavy atom. The number of para-hydroxylation sites is 1. The van der Waals surface area contributed by atoms with E-state index in [4.69, 9.17) is 4.42 Å². The fourth-order valence-electron chi connectivity index (χ4n) is 3.42. The minimum atomic E-state index is -0.175. The lowest BCUT2D eigenvalue weighted by atomic mass is 10.2. The third kappa shape index (κ3) is 3.31. The number of benzene rings is 1. The van der Waals surface area contributed by atoms with Crippen molar-refractivity contribution in [1.82, 2.24) is 14.7 Å². The fourth-order valence-corrected chi connectivity index (χ4v) is 3.42. The van der Waals surface area contributed by atoms with E-state index in [9.17, 15) is 9.59 Å². The van der Waals surface area contributed by atoms with Crippen LogP contribution in [0.25, 0.3) is 0 Å². The topological polar surface area (TPSA) is 71.6 Å². The highest BCUT2D eigenvalue weighted by molar-refractivity contribution is 6.04. The maximum absolute atomic E-state index is 12.9. The van der Waals surface area contributed by atoms with Gasteiger partial charge < -0.3 is 14.2 Å². The van der Waals surface area contributed by atoms with Gasteiger partial charge in [0, 0.05) is 31.4 Å². The highest BCUT2D eigenvalue weighted by Crippen LogP contribution is 2.20. The molecule has 1 aliphatic rings. The van der Waals surface area contributed by atoms with E-state index in [0.717, 1.165) is 23.4 Å². The van der Waals surface area contributed by atoms with E-state index in [1.807, 2.05) is 41.9 Å². The number of fused-ring (bicyclic) bond motifs is 1. The average molecular weight is 378 g/mol. The minimum absolute atomic E-state index is 0.133. The molecule has 3 heterocycles. The van der Waals surface area contributed by atoms with Crippen molar-refractivity contribution in [3.05, 3.63) is 71.4 Å². The molecule has 0 saturated heterocycles. The number of nitrogens with zero attached hydrogens (tertiary/aromatic N) is 4. The summed E-state index contributed by atoms with van der Waals surface area (Å²) in [5.74, 6) is 0.0611. The lowest BCUT2D eigenvalue weighted by Gasteiger charge is -2.19. The quantitative estimate of drug-likeness (QED) is 0.702. The lowest BCUT2D eigenvalue weighted by Crippen LogP contribution is -2.31. The molecular weight excluding hydrogens is 356 g/mol. The first-order chi connectivity index (χ1) is 13.5. The van der Waals surface area contributed by atoms with Gasteiger partial charge in [-0.05, 0) is 37.6 Å². The number of rotatable bonds is 3. The summed E-state index contributed by atoms with van der Waals surface area (Å²) >= 11 is 0. The Labute approximate surface area is 163 Å². The summed E-state index contributed by atoms with van der Waals surface area (Å²) in [7, 11) is 1.73. The molecule has 0 atom stereocenters. The molecule has 0 bridgehead atoms. The molecule has 28 heavy (non-hydrogen) atoms. The van der Waals surface area contributed by atoms with E-state index in [2.05, 4.69) is 5.10 Å². The summed E-state index contributed by atoms with van der Waals surface area (Å²) in [6.07, 6.45) is 2.29. The molecular formula is C21H22N4O3. The first-order valence-electron chi connectivity index (χ1n) is 9.28. The van der Waals surface area contributed by atoms with Crippen LogP contribution in [0.2, 0.25) is 0 Å². The number of anilines is 1. The van der Waals surface area contributed by atoms with Gasteiger partial charge in [0.25, 0.3) is 11.8 Å². The van der Waals surface area contributed by atoms with Crippen LogP contribution in [-0.2, 0) is 13.1 Å². The smallest absolute Gasteiger partial charge is 0.290 e. The summed E-state index contributed by atoms with van der Waals surface area (Å²) in [6, 6.07) is 13.0. The fraction of sp³-hybridized carbons (Fsp3) is 0.286. The summed E-state index contributed by atoms with van der Waals surface area (Å²) in [6.45, 7) is 3.54. The Hall–Kier alpha value is -3.35. The molecule has 0 N–H and O–H groups in total. The SMILES string of the molecule is Cc1ccoc1C(=O)N1CCCn2nc(C(=O)N(C)c3ccccc3)cc2C1. The standard InChI is InChI=1S/C21H22N4O3/c1-15-9-12-28-19(15)21(27)24-10-6-11-25-17(14-24)13-18(22-25)20(26)23(2)16-7-4-3-5-8-16/h3-5,7-9,12-13H,6,10-11,14H2,1-2H3. The van der Waals surface area contributed by atoms with E-state index >= 15 is 0 Å². The number of aromatic nitrogens is 2. The van der Waals surface area contributed by atoms with Gasteiger partial charge in [0.05, 0.1) is 18.5 Å². The Bertz CT molecular complexity index is 1010. The van der Waals surface area contributed by atoms with E-state index < -0.39 is 0 Å². The highest BCUT2D eigenvalue weighted by Gasteiger charge is 2.26. The van der Waals surface area contributed by atoms with Crippen LogP contribution in [0.4, 0.5) is 5.69 Å². The van der Waals surface area contributed by atoms with Crippen LogP contribution in [0.3, 0.4) is 0 Å². The number of amides is 2. The molecule has 0 saturated carbocycles. The molecule has 144 valence electrons. The van der Waals surface area contributed by atoms with Crippen molar-refractivity contribution in [3.63, 3.8) is 0 Å². The zero-order valence-corrected chi connectivity index (χ0v) is 16.0. The van der Waals surface area contributed by atoms with E-state index in [1.165, 1.54) is 6.26 Å². The first kappa shape index (κ1) is 18.0. The molecule has 3 aromatic rings. The molecule has 2 aromatic heterocycles. The van der Waals surface area contributed by atoms with Gasteiger partial charge in [-0.3, -0.25) is 14.3 Å². The van der Waals surface area contributed by atoms with Crippen LogP contribution in [0, 0.1) is 6.92 Å². The number of aryl methyl sites for hydroxylation is 2. The second-order valence-corrected chi connectivity index (χ2v) is 6.96. The summed E-state index contributed by atoms with van der Waals surface area (Å²) in [5.41, 5.74) is 2.86. The van der Waals surface area contributed by atoms with Crippen molar-refractivity contribution >= 4 is 17.5 Å². The average Bonchev–Trinajstić information content (AvgIpc) is 3.27. The number of hydrogen-bond acceptors (Lipinski definition) is 4. The zero-order chi connectivity index (χ0) is 19.7. The van der Waals surface area contributed by atoms with Crippen LogP contribution < -0.4 is 4.90 Å². The number of carbonyl (C=O) groups excluding carboxylic acids is 2. The van der Waals surface area contributed by atoms with Crippen LogP contribution in [-0.4, -0.2) is 40.1 Å². The van der Waals surface area contributed by atoms with Gasteiger partial charge in [0.15, 0.2) is 11.5 Å². The molecule has 7 nitrogen and oxygen atoms in total. The lowest BCUT2D eigenvalue weighted by molar-refractivity contribution is 0.0712. The Morgan fingerprint density at radius 3 is 2.64 bits per heavy atom. The normalized spacial score (nSPS) is 13.7. The number of furan rings is 1. The molecule has 1 aromatic carbocycles. The van der Waals surface area contributed by atoms with E-state index in [-0.39, 0.29) is 11.8 Å². The van der Waals surface area contributed by atoms with Gasteiger partial charge in [-0.2, -0.15) is 5.10 Å². The van der Waals surface area contributed by atoms with Gasteiger partial charge in [0.1, 0.15) is 0 Å². The maximum Gasteiger partial charge on any atom is 0.290 e. The van der Waals surface area contributed by atoms with Crippen LogP contribution in [0.15, 0.2) is 53.1 Å². The van der Waals surface area contributed by atoms with Crippen molar-refractivity contribution in [1.29, 1.82) is 0 Å². The van der Waals surface area contributed by atoms with Crippen molar-refractivity contribution in [2.24, 2.45) is 0 Å². The largest absolute Gasteiger partial charge is 0.459 e. The van der Waals surface area contributed by atoms with Crippen molar-refractivity contribution in [2.45, 2.75) is 26.4 Å². The molecule has 0 unspecified atom stereocenters. The first-order valence-corrected chi connectivity index (χ1v) is 9.28. The van der Waals surface area contributed by atoms with Crippen LogP contribution in [0.5, 0.6) is 0 Å². The van der Waals surface area contributed by atoms with Gasteiger partial charge in [-0.1, -0.05) is 18.2 Å². The summed E-state index contributed by atoms with van der Waals surface area (Å²) < 4.78 is 7.19. The molecule has 0 aliphatic carbocycles. The molecule has 0 spiro atoms. The third-order valence-corrected chi connectivity index (χ3v) is 5.02. The Kier molecular flexibility index (Phi) is 4.73. The number of carbonyl (C=O) groups is 2. The monoisotopic (exact) mass is 378 g/mol. The second-order valence-electron chi connectivity index (χ2n) is 6.96. The van der Waals surface area contributed by atoms with Gasteiger partial charge in [-0.25, -0.2) is 0 Å². The molecule has 7 heteroatoms. The van der Waals surface area contributed by atoms with Gasteiger partial charge in [-0.15, -0.1) is 0 Å². The highest BCUT2D eigenvalue weighted by atomic mass is 16.3. The molecule has 0 radical (unpaired) electrons. The van der Waals surface area contributed by atoms with Crippen LogP contribution in [0.1, 0.15) is 38.7 Å². The van der Waals surface area contributed by atoms with Gasteiger partial charge in [0.2, 0.25) is 0 Å². The Balaban J connectivity index is 1.56. The third-order valence-electron chi connectivity index (χ3n) is 5.02. The van der Waals surface area contributed by atoms with Crippen LogP contribution >= 0.6 is 0 Å². The van der Waals surface area contributed by atoms with Crippen molar-refractivity contribution in [3.8, 4) is 0 Å². The molecule has 2 amide bonds. The summed E-state index contributed by atoms with van der Waals surface area (Å²) in [4.78, 5) is 29.0. The predicted octanol–water partition coefficient (Wildman–Crippen LogP) is 3.11. The number of hydrogen-bond donors (Lipinski definition) is 0. The molecule has 1 aliphatic heterocycles. The molecule has 0 fully saturated rings. The summed E-state index contributed by atoms with van der Waals surface area (Å²) in [5, 5.41) is 4.50. The van der Waals surface area contributed by atoms with Crippen molar-refractivity contribution < 1.29 is 14.0 Å². The molecule has 4 rings (SSSR count). The van der Waals surface area contributed by atoms with E-state index in [1.54, 1.807) is 29.0 Å². The zero-order valence-electron chi connectivity index (χ0n) is 16.0. The predicted molar refractivity (Wildman–Crippen MR) is 104 cm³/mol. The minimum Gasteiger partial charge on any atom is -0.459 e. The Morgan fingerprint density at radius 1 is 1.14 bits per heavy atom. The maximum atomic E-state index is 12.9. The van der Waals surface area contributed by atoms with Crippen molar-refractivity contribution in [2.75, 3.05) is 18.5 Å². The second kappa shape index (κ2) is 7.34. The van der Waals surface area contributed by atoms with E-state index in [0.29, 0.717) is 31.1 Å².